The fourth-order valence-electron chi connectivity index (χ4n) is 2.21. The highest BCUT2D eigenvalue weighted by Gasteiger charge is 2.19. The van der Waals surface area contributed by atoms with Crippen LogP contribution in [0.25, 0.3) is 11.4 Å². The molecule has 3 rings (SSSR count). The number of aromatic nitrogens is 3. The maximum absolute atomic E-state index is 11.2. The first-order valence-electron chi connectivity index (χ1n) is 4.98. The van der Waals surface area contributed by atoms with Crippen LogP contribution in [0.4, 0.5) is 0 Å². The zero-order valence-electron chi connectivity index (χ0n) is 8.45. The number of rotatable bonds is 0. The molecule has 2 aromatic heterocycles. The van der Waals surface area contributed by atoms with Crippen molar-refractivity contribution < 1.29 is 0 Å². The number of fused-ring (bicyclic) bond motifs is 3. The summed E-state index contributed by atoms with van der Waals surface area (Å²) in [6.45, 7) is 0. The number of aromatic amines is 1. The molecular formula is C11H11N3O. The predicted molar refractivity (Wildman–Crippen MR) is 56.7 cm³/mol. The third kappa shape index (κ3) is 1.14. The summed E-state index contributed by atoms with van der Waals surface area (Å²) in [5.41, 5.74) is 4.21. The first-order valence-corrected chi connectivity index (χ1v) is 4.98. The molecule has 0 saturated carbocycles. The van der Waals surface area contributed by atoms with Gasteiger partial charge in [-0.2, -0.15) is 0 Å². The quantitative estimate of drug-likeness (QED) is 0.687. The maximum Gasteiger partial charge on any atom is 0.345 e. The monoisotopic (exact) mass is 201 g/mol. The minimum absolute atomic E-state index is 0.275. The molecule has 0 radical (unpaired) electrons. The maximum atomic E-state index is 11.2. The molecule has 0 spiro atoms. The Labute approximate surface area is 86.6 Å². The Kier molecular flexibility index (Phi) is 1.59. The lowest BCUT2D eigenvalue weighted by molar-refractivity contribution is 0.856. The average molecular weight is 201 g/mol. The van der Waals surface area contributed by atoms with Crippen LogP contribution in [0.5, 0.6) is 0 Å². The fraction of sp³-hybridized carbons (Fsp3) is 0.273. The molecule has 1 aliphatic rings. The molecule has 76 valence electrons. The molecule has 4 heteroatoms. The van der Waals surface area contributed by atoms with E-state index in [2.05, 4.69) is 16.0 Å². The highest BCUT2D eigenvalue weighted by molar-refractivity contribution is 5.66. The summed E-state index contributed by atoms with van der Waals surface area (Å²) in [7, 11) is 1.99. The van der Waals surface area contributed by atoms with E-state index in [-0.39, 0.29) is 5.69 Å². The van der Waals surface area contributed by atoms with Crippen LogP contribution in [0.15, 0.2) is 23.3 Å². The highest BCUT2D eigenvalue weighted by Crippen LogP contribution is 2.30. The highest BCUT2D eigenvalue weighted by atomic mass is 16.1. The van der Waals surface area contributed by atoms with Gasteiger partial charge in [-0.15, -0.1) is 0 Å². The van der Waals surface area contributed by atoms with Gasteiger partial charge in [0, 0.05) is 19.4 Å². The third-order valence-corrected chi connectivity index (χ3v) is 2.95. The Morgan fingerprint density at radius 1 is 1.40 bits per heavy atom. The van der Waals surface area contributed by atoms with Crippen LogP contribution in [0, 0.1) is 0 Å². The van der Waals surface area contributed by atoms with Gasteiger partial charge in [-0.25, -0.2) is 9.78 Å². The minimum atomic E-state index is -0.275. The summed E-state index contributed by atoms with van der Waals surface area (Å²) in [6.07, 6.45) is 5.69. The van der Waals surface area contributed by atoms with E-state index in [0.717, 1.165) is 29.8 Å². The van der Waals surface area contributed by atoms with Crippen LogP contribution in [0.1, 0.15) is 11.1 Å². The van der Waals surface area contributed by atoms with Crippen molar-refractivity contribution in [1.82, 2.24) is 14.5 Å². The average Bonchev–Trinajstić information content (AvgIpc) is 2.60. The largest absolute Gasteiger partial charge is 0.349 e. The van der Waals surface area contributed by atoms with Gasteiger partial charge in [-0.3, -0.25) is 0 Å². The van der Waals surface area contributed by atoms with Crippen molar-refractivity contribution in [2.24, 2.45) is 7.05 Å². The van der Waals surface area contributed by atoms with Crippen LogP contribution in [-0.4, -0.2) is 14.5 Å². The molecule has 1 aliphatic carbocycles. The number of H-pyrrole nitrogens is 1. The Morgan fingerprint density at radius 2 is 2.20 bits per heavy atom. The summed E-state index contributed by atoms with van der Waals surface area (Å²) < 4.78 is 2.04. The van der Waals surface area contributed by atoms with Crippen molar-refractivity contribution in [3.8, 4) is 11.4 Å². The van der Waals surface area contributed by atoms with Gasteiger partial charge in [0.05, 0.1) is 11.4 Å². The molecule has 2 aromatic rings. The second-order valence-corrected chi connectivity index (χ2v) is 3.89. The Morgan fingerprint density at radius 3 is 3.07 bits per heavy atom. The first-order chi connectivity index (χ1) is 7.25. The lowest BCUT2D eigenvalue weighted by atomic mass is 9.95. The molecule has 0 saturated heterocycles. The van der Waals surface area contributed by atoms with Gasteiger partial charge in [0.25, 0.3) is 0 Å². The number of nitrogens with one attached hydrogen (secondary N) is 1. The molecule has 0 aromatic carbocycles. The van der Waals surface area contributed by atoms with Crippen LogP contribution in [0.3, 0.4) is 0 Å². The molecule has 0 aliphatic heterocycles. The first kappa shape index (κ1) is 8.47. The van der Waals surface area contributed by atoms with Gasteiger partial charge in [0.15, 0.2) is 0 Å². The van der Waals surface area contributed by atoms with E-state index < -0.39 is 0 Å². The number of hydrogen-bond donors (Lipinski definition) is 1. The Balaban J connectivity index is 2.36. The SMILES string of the molecule is Cn1ccc2c1-c1[nH]c(=O)ncc1CC2. The summed E-state index contributed by atoms with van der Waals surface area (Å²) in [4.78, 5) is 17.8. The molecule has 0 unspecified atom stereocenters. The van der Waals surface area contributed by atoms with Crippen molar-refractivity contribution in [3.63, 3.8) is 0 Å². The van der Waals surface area contributed by atoms with Gasteiger partial charge in [-0.05, 0) is 30.0 Å². The lowest BCUT2D eigenvalue weighted by Gasteiger charge is -2.16. The van der Waals surface area contributed by atoms with E-state index in [4.69, 9.17) is 0 Å². The van der Waals surface area contributed by atoms with Crippen LogP contribution in [0.2, 0.25) is 0 Å². The second kappa shape index (κ2) is 2.82. The number of nitrogens with zero attached hydrogens (tertiary/aromatic N) is 2. The van der Waals surface area contributed by atoms with Gasteiger partial charge < -0.3 is 9.55 Å². The molecule has 1 N–H and O–H groups in total. The van der Waals surface area contributed by atoms with Crippen LogP contribution in [-0.2, 0) is 19.9 Å². The van der Waals surface area contributed by atoms with Crippen LogP contribution >= 0.6 is 0 Å². The van der Waals surface area contributed by atoms with Gasteiger partial charge in [0.2, 0.25) is 0 Å². The van der Waals surface area contributed by atoms with Crippen molar-refractivity contribution in [2.75, 3.05) is 0 Å². The fourth-order valence-corrected chi connectivity index (χ4v) is 2.21. The van der Waals surface area contributed by atoms with Gasteiger partial charge >= 0.3 is 5.69 Å². The lowest BCUT2D eigenvalue weighted by Crippen LogP contribution is -2.16. The molecule has 0 atom stereocenters. The second-order valence-electron chi connectivity index (χ2n) is 3.89. The predicted octanol–water partition coefficient (Wildman–Crippen LogP) is 0.874. The summed E-state index contributed by atoms with van der Waals surface area (Å²) >= 11 is 0. The van der Waals surface area contributed by atoms with E-state index in [1.165, 1.54) is 5.56 Å². The number of hydrogen-bond acceptors (Lipinski definition) is 2. The Bertz CT molecular complexity index is 580. The third-order valence-electron chi connectivity index (χ3n) is 2.95. The topological polar surface area (TPSA) is 50.7 Å². The molecule has 2 heterocycles. The van der Waals surface area contributed by atoms with Gasteiger partial charge in [-0.1, -0.05) is 0 Å². The van der Waals surface area contributed by atoms with Crippen LogP contribution < -0.4 is 5.69 Å². The smallest absolute Gasteiger partial charge is 0.345 e. The molecule has 4 nitrogen and oxygen atoms in total. The molecule has 0 bridgehead atoms. The molecule has 0 amide bonds. The van der Waals surface area contributed by atoms with Crippen molar-refractivity contribution in [1.29, 1.82) is 0 Å². The van der Waals surface area contributed by atoms with E-state index in [0.29, 0.717) is 0 Å². The van der Waals surface area contributed by atoms with Crippen molar-refractivity contribution in [3.05, 3.63) is 40.1 Å². The van der Waals surface area contributed by atoms with Crippen molar-refractivity contribution in [2.45, 2.75) is 12.8 Å². The summed E-state index contributed by atoms with van der Waals surface area (Å²) in [6, 6.07) is 2.11. The zero-order valence-corrected chi connectivity index (χ0v) is 8.45. The number of aryl methyl sites for hydroxylation is 3. The molecular weight excluding hydrogens is 190 g/mol. The zero-order chi connectivity index (χ0) is 10.4. The van der Waals surface area contributed by atoms with E-state index in [1.807, 2.05) is 17.8 Å². The molecule has 15 heavy (non-hydrogen) atoms. The van der Waals surface area contributed by atoms with Crippen molar-refractivity contribution >= 4 is 0 Å². The van der Waals surface area contributed by atoms with E-state index in [1.54, 1.807) is 6.20 Å². The summed E-state index contributed by atoms with van der Waals surface area (Å²) in [5, 5.41) is 0. The molecule has 0 fully saturated rings. The standard InChI is InChI=1S/C11H11N3O/c1-14-5-4-7-2-3-8-6-12-11(15)13-9(8)10(7)14/h4-6H,2-3H2,1H3,(H,12,13,15). The van der Waals surface area contributed by atoms with Gasteiger partial charge in [0.1, 0.15) is 0 Å². The Hall–Kier alpha value is -1.84. The normalized spacial score (nSPS) is 13.4. The van der Waals surface area contributed by atoms with E-state index >= 15 is 0 Å². The summed E-state index contributed by atoms with van der Waals surface area (Å²) in [5.74, 6) is 0. The minimum Gasteiger partial charge on any atom is -0.349 e. The van der Waals surface area contributed by atoms with E-state index in [9.17, 15) is 4.79 Å².